The van der Waals surface area contributed by atoms with Crippen molar-refractivity contribution in [1.29, 1.82) is 0 Å². The highest BCUT2D eigenvalue weighted by Gasteiger charge is 2.17. The quantitative estimate of drug-likeness (QED) is 0.657. The average molecular weight is 395 g/mol. The van der Waals surface area contributed by atoms with Crippen molar-refractivity contribution in [1.82, 2.24) is 0 Å². The number of carbonyl (C=O) groups is 1. The highest BCUT2D eigenvalue weighted by molar-refractivity contribution is 9.10. The Morgan fingerprint density at radius 2 is 1.79 bits per heavy atom. The van der Waals surface area contributed by atoms with Gasteiger partial charge in [-0.1, -0.05) is 18.2 Å². The van der Waals surface area contributed by atoms with Gasteiger partial charge in [-0.3, -0.25) is 0 Å². The summed E-state index contributed by atoms with van der Waals surface area (Å²) in [6.07, 6.45) is 0. The normalized spacial score (nSPS) is 10.2. The molecule has 0 fully saturated rings. The second-order valence-electron chi connectivity index (χ2n) is 4.81. The van der Waals surface area contributed by atoms with Crippen molar-refractivity contribution < 1.29 is 23.7 Å². The summed E-state index contributed by atoms with van der Waals surface area (Å²) >= 11 is 3.39. The van der Waals surface area contributed by atoms with Crippen LogP contribution in [0.3, 0.4) is 0 Å². The summed E-state index contributed by atoms with van der Waals surface area (Å²) in [6, 6.07) is 10.6. The Hall–Kier alpha value is -2.21. The first-order valence-electron chi connectivity index (χ1n) is 7.40. The van der Waals surface area contributed by atoms with Crippen LogP contribution in [0.1, 0.15) is 22.8 Å². The minimum atomic E-state index is -0.456. The van der Waals surface area contributed by atoms with Crippen molar-refractivity contribution in [2.45, 2.75) is 13.5 Å². The third-order valence-corrected chi connectivity index (χ3v) is 3.89. The molecule has 5 nitrogen and oxygen atoms in total. The SMILES string of the molecule is CCOc1c(Br)cc(C(=O)OCc2ccccc2OC)cc1OC. The third kappa shape index (κ3) is 4.20. The van der Waals surface area contributed by atoms with Crippen LogP contribution < -0.4 is 14.2 Å². The van der Waals surface area contributed by atoms with Gasteiger partial charge in [0.05, 0.1) is 30.9 Å². The highest BCUT2D eigenvalue weighted by atomic mass is 79.9. The van der Waals surface area contributed by atoms with E-state index in [0.29, 0.717) is 33.9 Å². The molecule has 0 aliphatic carbocycles. The first-order valence-corrected chi connectivity index (χ1v) is 8.19. The van der Waals surface area contributed by atoms with Gasteiger partial charge < -0.3 is 18.9 Å². The van der Waals surface area contributed by atoms with Gasteiger partial charge in [0, 0.05) is 5.56 Å². The van der Waals surface area contributed by atoms with E-state index in [9.17, 15) is 4.79 Å². The molecular weight excluding hydrogens is 376 g/mol. The second-order valence-corrected chi connectivity index (χ2v) is 5.66. The molecule has 0 N–H and O–H groups in total. The number of hydrogen-bond donors (Lipinski definition) is 0. The van der Waals surface area contributed by atoms with Gasteiger partial charge in [0.2, 0.25) is 0 Å². The molecule has 0 unspecified atom stereocenters. The molecule has 0 atom stereocenters. The first-order chi connectivity index (χ1) is 11.6. The molecule has 2 rings (SSSR count). The molecule has 0 saturated carbocycles. The third-order valence-electron chi connectivity index (χ3n) is 3.31. The summed E-state index contributed by atoms with van der Waals surface area (Å²) in [5, 5.41) is 0. The van der Waals surface area contributed by atoms with Crippen molar-refractivity contribution >= 4 is 21.9 Å². The zero-order valence-corrected chi connectivity index (χ0v) is 15.4. The standard InChI is InChI=1S/C18H19BrO5/c1-4-23-17-14(19)9-13(10-16(17)22-3)18(20)24-11-12-7-5-6-8-15(12)21-2/h5-10H,4,11H2,1-3H3. The van der Waals surface area contributed by atoms with Crippen molar-refractivity contribution in [3.8, 4) is 17.2 Å². The van der Waals surface area contributed by atoms with E-state index in [2.05, 4.69) is 15.9 Å². The summed E-state index contributed by atoms with van der Waals surface area (Å²) in [7, 11) is 3.10. The zero-order valence-electron chi connectivity index (χ0n) is 13.8. The molecule has 6 heteroatoms. The smallest absolute Gasteiger partial charge is 0.338 e. The average Bonchev–Trinajstić information content (AvgIpc) is 2.61. The number of ether oxygens (including phenoxy) is 4. The number of carbonyl (C=O) groups excluding carboxylic acids is 1. The van der Waals surface area contributed by atoms with E-state index in [1.807, 2.05) is 31.2 Å². The van der Waals surface area contributed by atoms with Crippen LogP contribution in [0.15, 0.2) is 40.9 Å². The van der Waals surface area contributed by atoms with Crippen LogP contribution in [-0.2, 0) is 11.3 Å². The Morgan fingerprint density at radius 1 is 1.08 bits per heavy atom. The van der Waals surface area contributed by atoms with Crippen LogP contribution in [0, 0.1) is 0 Å². The fourth-order valence-corrected chi connectivity index (χ4v) is 2.73. The molecule has 0 bridgehead atoms. The molecule has 128 valence electrons. The number of para-hydroxylation sites is 1. The minimum absolute atomic E-state index is 0.121. The van der Waals surface area contributed by atoms with Crippen molar-refractivity contribution in [2.75, 3.05) is 20.8 Å². The van der Waals surface area contributed by atoms with E-state index in [0.717, 1.165) is 5.56 Å². The molecule has 0 amide bonds. The van der Waals surface area contributed by atoms with E-state index in [1.165, 1.54) is 7.11 Å². The van der Waals surface area contributed by atoms with Gasteiger partial charge in [-0.15, -0.1) is 0 Å². The van der Waals surface area contributed by atoms with Crippen LogP contribution in [0.2, 0.25) is 0 Å². The van der Waals surface area contributed by atoms with Crippen LogP contribution >= 0.6 is 15.9 Å². The Morgan fingerprint density at radius 3 is 2.46 bits per heavy atom. The molecule has 2 aromatic rings. The number of benzene rings is 2. The van der Waals surface area contributed by atoms with Crippen molar-refractivity contribution in [2.24, 2.45) is 0 Å². The predicted octanol–water partition coefficient (Wildman–Crippen LogP) is 4.22. The number of methoxy groups -OCH3 is 2. The van der Waals surface area contributed by atoms with Gasteiger partial charge in [-0.05, 0) is 41.1 Å². The van der Waals surface area contributed by atoms with E-state index >= 15 is 0 Å². The number of halogens is 1. The van der Waals surface area contributed by atoms with E-state index in [-0.39, 0.29) is 6.61 Å². The minimum Gasteiger partial charge on any atom is -0.496 e. The molecule has 0 radical (unpaired) electrons. The Labute approximate surface area is 149 Å². The van der Waals surface area contributed by atoms with Gasteiger partial charge in [0.1, 0.15) is 12.4 Å². The number of rotatable bonds is 7. The van der Waals surface area contributed by atoms with Gasteiger partial charge in [-0.25, -0.2) is 4.79 Å². The Kier molecular flexibility index (Phi) is 6.49. The number of hydrogen-bond acceptors (Lipinski definition) is 5. The van der Waals surface area contributed by atoms with E-state index in [4.69, 9.17) is 18.9 Å². The molecule has 0 aliphatic heterocycles. The monoisotopic (exact) mass is 394 g/mol. The van der Waals surface area contributed by atoms with E-state index < -0.39 is 5.97 Å². The van der Waals surface area contributed by atoms with Gasteiger partial charge in [0.25, 0.3) is 0 Å². The molecule has 0 saturated heterocycles. The summed E-state index contributed by atoms with van der Waals surface area (Å²) in [4.78, 5) is 12.3. The van der Waals surface area contributed by atoms with Gasteiger partial charge in [0.15, 0.2) is 11.5 Å². The lowest BCUT2D eigenvalue weighted by atomic mass is 10.2. The maximum absolute atomic E-state index is 12.3. The van der Waals surface area contributed by atoms with Crippen molar-refractivity contribution in [3.05, 3.63) is 52.0 Å². The highest BCUT2D eigenvalue weighted by Crippen LogP contribution is 2.37. The second kappa shape index (κ2) is 8.59. The van der Waals surface area contributed by atoms with Gasteiger partial charge in [-0.2, -0.15) is 0 Å². The van der Waals surface area contributed by atoms with Crippen LogP contribution in [0.4, 0.5) is 0 Å². The zero-order chi connectivity index (χ0) is 17.5. The Balaban J connectivity index is 2.16. The molecule has 0 aliphatic rings. The predicted molar refractivity (Wildman–Crippen MR) is 94.0 cm³/mol. The van der Waals surface area contributed by atoms with Crippen LogP contribution in [0.5, 0.6) is 17.2 Å². The summed E-state index contributed by atoms with van der Waals surface area (Å²) in [6.45, 7) is 2.49. The topological polar surface area (TPSA) is 54.0 Å². The Bertz CT molecular complexity index is 715. The van der Waals surface area contributed by atoms with Gasteiger partial charge >= 0.3 is 5.97 Å². The lowest BCUT2D eigenvalue weighted by Gasteiger charge is -2.13. The first kappa shape index (κ1) is 18.1. The molecule has 2 aromatic carbocycles. The number of esters is 1. The van der Waals surface area contributed by atoms with Crippen molar-refractivity contribution in [3.63, 3.8) is 0 Å². The molecule has 0 aromatic heterocycles. The summed E-state index contributed by atoms with van der Waals surface area (Å²) in [5.41, 5.74) is 1.17. The van der Waals surface area contributed by atoms with Crippen LogP contribution in [0.25, 0.3) is 0 Å². The summed E-state index contributed by atoms with van der Waals surface area (Å²) in [5.74, 6) is 1.25. The fourth-order valence-electron chi connectivity index (χ4n) is 2.17. The lowest BCUT2D eigenvalue weighted by molar-refractivity contribution is 0.0469. The lowest BCUT2D eigenvalue weighted by Crippen LogP contribution is -2.07. The molecule has 0 heterocycles. The van der Waals surface area contributed by atoms with E-state index in [1.54, 1.807) is 19.2 Å². The largest absolute Gasteiger partial charge is 0.496 e. The molecular formula is C18H19BrO5. The maximum Gasteiger partial charge on any atom is 0.338 e. The molecule has 0 spiro atoms. The molecule has 24 heavy (non-hydrogen) atoms. The summed E-state index contributed by atoms with van der Waals surface area (Å²) < 4.78 is 22.1. The maximum atomic E-state index is 12.3. The fraction of sp³-hybridized carbons (Fsp3) is 0.278. The van der Waals surface area contributed by atoms with Crippen LogP contribution in [-0.4, -0.2) is 26.8 Å².